The number of fused-ring (bicyclic) bond motifs is 1. The van der Waals surface area contributed by atoms with Gasteiger partial charge >= 0.3 is 5.97 Å². The van der Waals surface area contributed by atoms with Crippen molar-refractivity contribution in [2.45, 2.75) is 19.0 Å². The van der Waals surface area contributed by atoms with E-state index in [1.807, 2.05) is 42.5 Å². The van der Waals surface area contributed by atoms with Crippen molar-refractivity contribution < 1.29 is 15.0 Å². The lowest BCUT2D eigenvalue weighted by atomic mass is 10.1. The minimum absolute atomic E-state index is 0.0254. The maximum atomic E-state index is 11.0. The summed E-state index contributed by atoms with van der Waals surface area (Å²) in [4.78, 5) is 15.0. The van der Waals surface area contributed by atoms with E-state index in [0.717, 1.165) is 12.0 Å². The number of benzene rings is 1. The third-order valence-corrected chi connectivity index (χ3v) is 3.88. The highest BCUT2D eigenvalue weighted by molar-refractivity contribution is 5.86. The fraction of sp³-hybridized carbons (Fsp3) is 0.222. The van der Waals surface area contributed by atoms with Crippen molar-refractivity contribution in [2.24, 2.45) is 0 Å². The average Bonchev–Trinajstić information content (AvgIpc) is 3.03. The number of imidazole rings is 1. The molecule has 2 aromatic heterocycles. The van der Waals surface area contributed by atoms with Gasteiger partial charge in [-0.3, -0.25) is 0 Å². The molecule has 24 heavy (non-hydrogen) atoms. The van der Waals surface area contributed by atoms with Crippen LogP contribution in [0.1, 0.15) is 21.6 Å². The van der Waals surface area contributed by atoms with E-state index >= 15 is 0 Å². The molecule has 0 aliphatic carbocycles. The lowest BCUT2D eigenvalue weighted by Gasteiger charge is -2.16. The molecular weight excluding hydrogens is 306 g/mol. The molecule has 0 spiro atoms. The Morgan fingerprint density at radius 2 is 2.00 bits per heavy atom. The number of carboxylic acid groups (broad SMARTS) is 1. The first kappa shape index (κ1) is 16.2. The second kappa shape index (κ2) is 7.25. The van der Waals surface area contributed by atoms with Gasteiger partial charge in [-0.25, -0.2) is 9.78 Å². The van der Waals surface area contributed by atoms with Crippen molar-refractivity contribution >= 4 is 11.6 Å². The number of aliphatic hydroxyl groups excluding tert-OH is 1. The summed E-state index contributed by atoms with van der Waals surface area (Å²) in [5.41, 5.74) is 2.77. The Balaban J connectivity index is 1.66. The van der Waals surface area contributed by atoms with Crippen molar-refractivity contribution in [3.8, 4) is 0 Å². The van der Waals surface area contributed by atoms with Gasteiger partial charge < -0.3 is 19.9 Å². The maximum Gasteiger partial charge on any atom is 0.356 e. The highest BCUT2D eigenvalue weighted by Gasteiger charge is 2.10. The molecule has 0 radical (unpaired) electrons. The number of carbonyl (C=O) groups is 1. The topological polar surface area (TPSA) is 86.9 Å². The molecule has 3 rings (SSSR count). The Bertz CT molecular complexity index is 830. The van der Waals surface area contributed by atoms with Gasteiger partial charge in [-0.05, 0) is 29.7 Å². The van der Waals surface area contributed by atoms with Crippen LogP contribution in [-0.2, 0) is 13.0 Å². The van der Waals surface area contributed by atoms with Crippen molar-refractivity contribution in [2.75, 3.05) is 6.61 Å². The number of nitrogens with one attached hydrogen (secondary N) is 1. The molecule has 0 aliphatic heterocycles. The van der Waals surface area contributed by atoms with Crippen LogP contribution in [0.5, 0.6) is 0 Å². The third kappa shape index (κ3) is 3.79. The molecule has 0 fully saturated rings. The van der Waals surface area contributed by atoms with E-state index in [4.69, 9.17) is 5.11 Å². The van der Waals surface area contributed by atoms with Crippen LogP contribution >= 0.6 is 0 Å². The number of nitrogens with zero attached hydrogens (tertiary/aromatic N) is 2. The number of rotatable bonds is 7. The molecule has 124 valence electrons. The van der Waals surface area contributed by atoms with Crippen LogP contribution in [0.3, 0.4) is 0 Å². The van der Waals surface area contributed by atoms with Crippen LogP contribution in [0.15, 0.2) is 54.9 Å². The van der Waals surface area contributed by atoms with Crippen molar-refractivity contribution in [1.82, 2.24) is 14.7 Å². The van der Waals surface area contributed by atoms with Gasteiger partial charge in [0, 0.05) is 25.0 Å². The first-order valence-corrected chi connectivity index (χ1v) is 7.75. The van der Waals surface area contributed by atoms with Gasteiger partial charge in [-0.1, -0.05) is 30.3 Å². The van der Waals surface area contributed by atoms with Gasteiger partial charge in [0.15, 0.2) is 5.69 Å². The molecule has 0 amide bonds. The molecular formula is C18H19N3O3. The van der Waals surface area contributed by atoms with Gasteiger partial charge in [0.2, 0.25) is 0 Å². The van der Waals surface area contributed by atoms with Gasteiger partial charge in [-0.15, -0.1) is 0 Å². The first-order chi connectivity index (χ1) is 11.7. The standard InChI is InChI=1S/C18H19N3O3/c22-12-15(8-13-4-2-1-3-5-13)19-10-14-6-7-21-11-16(18(23)24)20-17(21)9-14/h1-7,9,11,15,19,22H,8,10,12H2,(H,23,24). The molecule has 0 saturated heterocycles. The van der Waals surface area contributed by atoms with E-state index in [1.54, 1.807) is 10.6 Å². The molecule has 1 aromatic carbocycles. The molecule has 0 saturated carbocycles. The third-order valence-electron chi connectivity index (χ3n) is 3.88. The number of carboxylic acids is 1. The smallest absolute Gasteiger partial charge is 0.356 e. The molecule has 3 aromatic rings. The van der Waals surface area contributed by atoms with Crippen LogP contribution in [0.4, 0.5) is 0 Å². The predicted octanol–water partition coefficient (Wildman–Crippen LogP) is 1.73. The summed E-state index contributed by atoms with van der Waals surface area (Å²) in [6, 6.07) is 13.7. The second-order valence-corrected chi connectivity index (χ2v) is 5.68. The Morgan fingerprint density at radius 1 is 1.21 bits per heavy atom. The number of hydrogen-bond acceptors (Lipinski definition) is 4. The van der Waals surface area contributed by atoms with Crippen molar-refractivity contribution in [3.05, 3.63) is 71.7 Å². The zero-order chi connectivity index (χ0) is 16.9. The van der Waals surface area contributed by atoms with E-state index in [1.165, 1.54) is 11.8 Å². The number of aromatic nitrogens is 2. The average molecular weight is 325 g/mol. The van der Waals surface area contributed by atoms with Crippen molar-refractivity contribution in [3.63, 3.8) is 0 Å². The maximum absolute atomic E-state index is 11.0. The number of hydrogen-bond donors (Lipinski definition) is 3. The summed E-state index contributed by atoms with van der Waals surface area (Å²) in [5, 5.41) is 21.9. The molecule has 3 N–H and O–H groups in total. The monoisotopic (exact) mass is 325 g/mol. The zero-order valence-electron chi connectivity index (χ0n) is 13.1. The minimum atomic E-state index is -1.04. The SMILES string of the molecule is O=C(O)c1cn2ccc(CNC(CO)Cc3ccccc3)cc2n1. The van der Waals surface area contributed by atoms with Gasteiger partial charge in [0.05, 0.1) is 6.61 Å². The lowest BCUT2D eigenvalue weighted by molar-refractivity contribution is 0.0691. The largest absolute Gasteiger partial charge is 0.476 e. The van der Waals surface area contributed by atoms with Gasteiger partial charge in [0.25, 0.3) is 0 Å². The van der Waals surface area contributed by atoms with Crippen LogP contribution < -0.4 is 5.32 Å². The van der Waals surface area contributed by atoms with Crippen LogP contribution in [0, 0.1) is 0 Å². The Hall–Kier alpha value is -2.70. The molecule has 6 heteroatoms. The molecule has 2 heterocycles. The Labute approximate surface area is 139 Å². The summed E-state index contributed by atoms with van der Waals surface area (Å²) in [6.07, 6.45) is 4.02. The van der Waals surface area contributed by atoms with E-state index in [9.17, 15) is 9.90 Å². The first-order valence-electron chi connectivity index (χ1n) is 7.75. The number of aliphatic hydroxyl groups is 1. The van der Waals surface area contributed by atoms with E-state index < -0.39 is 5.97 Å². The fourth-order valence-corrected chi connectivity index (χ4v) is 2.60. The van der Waals surface area contributed by atoms with Crippen LogP contribution in [0.25, 0.3) is 5.65 Å². The fourth-order valence-electron chi connectivity index (χ4n) is 2.60. The summed E-state index contributed by atoms with van der Waals surface area (Å²) in [6.45, 7) is 0.619. The van der Waals surface area contributed by atoms with Gasteiger partial charge in [0.1, 0.15) is 5.65 Å². The molecule has 0 bridgehead atoms. The second-order valence-electron chi connectivity index (χ2n) is 5.68. The number of aromatic carboxylic acids is 1. The molecule has 0 aliphatic rings. The summed E-state index contributed by atoms with van der Waals surface area (Å²) < 4.78 is 1.68. The normalized spacial score (nSPS) is 12.4. The van der Waals surface area contributed by atoms with E-state index in [-0.39, 0.29) is 18.3 Å². The van der Waals surface area contributed by atoms with Crippen LogP contribution in [0.2, 0.25) is 0 Å². The Kier molecular flexibility index (Phi) is 4.88. The molecule has 6 nitrogen and oxygen atoms in total. The summed E-state index contributed by atoms with van der Waals surface area (Å²) >= 11 is 0. The van der Waals surface area contributed by atoms with E-state index in [2.05, 4.69) is 10.3 Å². The lowest BCUT2D eigenvalue weighted by Crippen LogP contribution is -2.34. The highest BCUT2D eigenvalue weighted by atomic mass is 16.4. The molecule has 1 atom stereocenters. The van der Waals surface area contributed by atoms with Crippen molar-refractivity contribution in [1.29, 1.82) is 0 Å². The Morgan fingerprint density at radius 3 is 2.71 bits per heavy atom. The number of pyridine rings is 1. The highest BCUT2D eigenvalue weighted by Crippen LogP contribution is 2.10. The van der Waals surface area contributed by atoms with Crippen LogP contribution in [-0.4, -0.2) is 38.2 Å². The zero-order valence-corrected chi connectivity index (χ0v) is 13.1. The predicted molar refractivity (Wildman–Crippen MR) is 90.0 cm³/mol. The molecule has 1 unspecified atom stereocenters. The minimum Gasteiger partial charge on any atom is -0.476 e. The van der Waals surface area contributed by atoms with E-state index in [0.29, 0.717) is 12.2 Å². The summed E-state index contributed by atoms with van der Waals surface area (Å²) in [5.74, 6) is -1.04. The quantitative estimate of drug-likeness (QED) is 0.616. The summed E-state index contributed by atoms with van der Waals surface area (Å²) in [7, 11) is 0. The van der Waals surface area contributed by atoms with Gasteiger partial charge in [-0.2, -0.15) is 0 Å².